The van der Waals surface area contributed by atoms with Gasteiger partial charge in [0.05, 0.1) is 0 Å². The van der Waals surface area contributed by atoms with Crippen LogP contribution in [0.3, 0.4) is 0 Å². The summed E-state index contributed by atoms with van der Waals surface area (Å²) in [5.41, 5.74) is 7.54. The van der Waals surface area contributed by atoms with Crippen LogP contribution in [0, 0.1) is 12.1 Å². The molecular weight excluding hydrogens is 593 g/mol. The van der Waals surface area contributed by atoms with Gasteiger partial charge in [0.15, 0.2) is 0 Å². The zero-order valence-corrected chi connectivity index (χ0v) is 22.1. The van der Waals surface area contributed by atoms with Crippen LogP contribution in [0.2, 0.25) is 0 Å². The number of fused-ring (bicyclic) bond motifs is 1. The van der Waals surface area contributed by atoms with Crippen molar-refractivity contribution in [2.45, 2.75) is 58.8 Å². The second-order valence-electron chi connectivity index (χ2n) is 9.65. The van der Waals surface area contributed by atoms with E-state index in [1.807, 2.05) is 60.8 Å². The minimum absolute atomic E-state index is 0. The Balaban J connectivity index is 0.000000252. The Morgan fingerprint density at radius 3 is 1.76 bits per heavy atom. The molecule has 0 bridgehead atoms. The fourth-order valence-corrected chi connectivity index (χ4v) is 4.25. The van der Waals surface area contributed by atoms with Gasteiger partial charge in [-0.25, -0.2) is 0 Å². The van der Waals surface area contributed by atoms with Crippen molar-refractivity contribution in [3.8, 4) is 22.5 Å². The van der Waals surface area contributed by atoms with Gasteiger partial charge in [-0.15, -0.1) is 70.8 Å². The van der Waals surface area contributed by atoms with Crippen molar-refractivity contribution < 1.29 is 20.1 Å². The minimum Gasteiger partial charge on any atom is -0.305 e. The van der Waals surface area contributed by atoms with Crippen molar-refractivity contribution in [2.24, 2.45) is 0 Å². The molecule has 3 heteroatoms. The van der Waals surface area contributed by atoms with E-state index in [9.17, 15) is 0 Å². The van der Waals surface area contributed by atoms with E-state index in [0.29, 0.717) is 0 Å². The first-order valence-corrected chi connectivity index (χ1v) is 11.2. The van der Waals surface area contributed by atoms with Crippen LogP contribution in [-0.4, -0.2) is 9.97 Å². The molecule has 0 spiro atoms. The summed E-state index contributed by atoms with van der Waals surface area (Å²) in [7, 11) is 0. The van der Waals surface area contributed by atoms with E-state index >= 15 is 0 Å². The number of hydrogen-bond acceptors (Lipinski definition) is 2. The van der Waals surface area contributed by atoms with E-state index in [0.717, 1.165) is 22.5 Å². The summed E-state index contributed by atoms with van der Waals surface area (Å²) in [5, 5.41) is 0. The van der Waals surface area contributed by atoms with Gasteiger partial charge in [0.25, 0.3) is 0 Å². The fraction of sp³-hybridized carbons (Fsp3) is 0.290. The Morgan fingerprint density at radius 2 is 1.24 bits per heavy atom. The van der Waals surface area contributed by atoms with Crippen LogP contribution in [0.4, 0.5) is 0 Å². The average molecular weight is 627 g/mol. The second-order valence-corrected chi connectivity index (χ2v) is 9.65. The normalized spacial score (nSPS) is 14.8. The predicted octanol–water partition coefficient (Wildman–Crippen LogP) is 8.08. The summed E-state index contributed by atoms with van der Waals surface area (Å²) in [4.78, 5) is 8.67. The topological polar surface area (TPSA) is 25.8 Å². The van der Waals surface area contributed by atoms with Crippen LogP contribution in [0.1, 0.15) is 59.1 Å². The van der Waals surface area contributed by atoms with Crippen LogP contribution in [-0.2, 0) is 30.9 Å². The van der Waals surface area contributed by atoms with Gasteiger partial charge in [0, 0.05) is 32.5 Å². The first-order chi connectivity index (χ1) is 15.4. The summed E-state index contributed by atoms with van der Waals surface area (Å²) >= 11 is 0. The van der Waals surface area contributed by atoms with Crippen LogP contribution in [0.5, 0.6) is 0 Å². The van der Waals surface area contributed by atoms with Crippen molar-refractivity contribution >= 4 is 0 Å². The zero-order chi connectivity index (χ0) is 22.6. The first-order valence-electron chi connectivity index (χ1n) is 11.2. The monoisotopic (exact) mass is 627 g/mol. The third-order valence-corrected chi connectivity index (χ3v) is 6.37. The molecule has 179 valence electrons. The standard InChI is InChI=1S/C19H22N.C11H8N.CH4.Ir/c1-18(2)10-11-19(3,4)16-13-14(8-9-15(16)18)17-7-5-6-12-20-17;1-2-6-10(7-3-1)11-8-4-5-9-12-11;;/h5-7,9,12-13H,10-11H2,1-4H3;1-6,8-9H;1H4;/q2*-1;;. The quantitative estimate of drug-likeness (QED) is 0.210. The van der Waals surface area contributed by atoms with Gasteiger partial charge in [0.1, 0.15) is 0 Å². The number of rotatable bonds is 2. The molecule has 0 N–H and O–H groups in total. The van der Waals surface area contributed by atoms with Gasteiger partial charge < -0.3 is 9.97 Å². The molecule has 0 saturated heterocycles. The Morgan fingerprint density at radius 1 is 0.676 bits per heavy atom. The third-order valence-electron chi connectivity index (χ3n) is 6.37. The molecule has 1 aliphatic carbocycles. The fourth-order valence-electron chi connectivity index (χ4n) is 4.25. The van der Waals surface area contributed by atoms with Crippen molar-refractivity contribution in [1.29, 1.82) is 0 Å². The largest absolute Gasteiger partial charge is 0.305 e. The summed E-state index contributed by atoms with van der Waals surface area (Å²) < 4.78 is 0. The maximum absolute atomic E-state index is 4.45. The number of hydrogen-bond donors (Lipinski definition) is 0. The summed E-state index contributed by atoms with van der Waals surface area (Å²) in [6.45, 7) is 9.39. The molecule has 2 aromatic carbocycles. The van der Waals surface area contributed by atoms with Crippen molar-refractivity contribution in [3.05, 3.63) is 108 Å². The SMILES string of the molecule is C.CC1(C)CCC(C)(C)c2cc(-c3ccccn3)[c-]cc21.[Ir].[c-]1ccccc1-c1ccccn1. The van der Waals surface area contributed by atoms with Gasteiger partial charge in [-0.05, 0) is 40.8 Å². The Bertz CT molecular complexity index is 1120. The molecule has 1 radical (unpaired) electrons. The number of benzene rings is 2. The Hall–Kier alpha value is -2.61. The van der Waals surface area contributed by atoms with Gasteiger partial charge in [-0.1, -0.05) is 65.8 Å². The third kappa shape index (κ3) is 6.29. The Labute approximate surface area is 219 Å². The van der Waals surface area contributed by atoms with Crippen LogP contribution in [0.15, 0.2) is 85.2 Å². The molecule has 2 heterocycles. The van der Waals surface area contributed by atoms with Crippen molar-refractivity contribution in [2.75, 3.05) is 0 Å². The molecule has 0 amide bonds. The van der Waals surface area contributed by atoms with Gasteiger partial charge in [-0.2, -0.15) is 0 Å². The van der Waals surface area contributed by atoms with Crippen LogP contribution in [0.25, 0.3) is 22.5 Å². The van der Waals surface area contributed by atoms with E-state index in [-0.39, 0.29) is 38.4 Å². The molecule has 34 heavy (non-hydrogen) atoms. The van der Waals surface area contributed by atoms with E-state index in [2.05, 4.69) is 68.0 Å². The number of aromatic nitrogens is 2. The average Bonchev–Trinajstić information content (AvgIpc) is 2.84. The van der Waals surface area contributed by atoms with E-state index < -0.39 is 0 Å². The van der Waals surface area contributed by atoms with Crippen molar-refractivity contribution in [1.82, 2.24) is 9.97 Å². The molecule has 2 nitrogen and oxygen atoms in total. The molecule has 0 unspecified atom stereocenters. The minimum atomic E-state index is 0. The molecule has 2 aromatic heterocycles. The van der Waals surface area contributed by atoms with E-state index in [1.165, 1.54) is 24.0 Å². The number of pyridine rings is 2. The van der Waals surface area contributed by atoms with Crippen molar-refractivity contribution in [3.63, 3.8) is 0 Å². The maximum atomic E-state index is 4.45. The molecule has 0 aliphatic heterocycles. The molecular formula is C31H34IrN2-2. The summed E-state index contributed by atoms with van der Waals surface area (Å²) in [5.74, 6) is 0. The zero-order valence-electron chi connectivity index (χ0n) is 19.7. The second kappa shape index (κ2) is 11.7. The maximum Gasteiger partial charge on any atom is 0.0160 e. The predicted molar refractivity (Wildman–Crippen MR) is 139 cm³/mol. The Kier molecular flexibility index (Phi) is 9.50. The summed E-state index contributed by atoms with van der Waals surface area (Å²) in [6, 6.07) is 30.8. The first kappa shape index (κ1) is 27.6. The molecule has 5 rings (SSSR count). The van der Waals surface area contributed by atoms with Gasteiger partial charge >= 0.3 is 0 Å². The van der Waals surface area contributed by atoms with Gasteiger partial charge in [0.2, 0.25) is 0 Å². The molecule has 0 saturated carbocycles. The molecule has 4 aromatic rings. The van der Waals surface area contributed by atoms with E-state index in [1.54, 1.807) is 6.20 Å². The van der Waals surface area contributed by atoms with Gasteiger partial charge in [-0.3, -0.25) is 0 Å². The van der Waals surface area contributed by atoms with Crippen LogP contribution < -0.4 is 0 Å². The molecule has 0 fully saturated rings. The van der Waals surface area contributed by atoms with E-state index in [4.69, 9.17) is 0 Å². The van der Waals surface area contributed by atoms with Crippen LogP contribution >= 0.6 is 0 Å². The molecule has 1 aliphatic rings. The smallest absolute Gasteiger partial charge is 0.0160 e. The molecule has 0 atom stereocenters. The summed E-state index contributed by atoms with van der Waals surface area (Å²) in [6.07, 6.45) is 6.11. The number of nitrogens with zero attached hydrogens (tertiary/aromatic N) is 2.